The summed E-state index contributed by atoms with van der Waals surface area (Å²) < 4.78 is 3.18. The van der Waals surface area contributed by atoms with Gasteiger partial charge in [-0.1, -0.05) is 12.1 Å². The summed E-state index contributed by atoms with van der Waals surface area (Å²) in [6, 6.07) is 7.65. The first-order chi connectivity index (χ1) is 14.6. The molecular weight excluding hydrogens is 384 g/mol. The molecule has 1 fully saturated rings. The first kappa shape index (κ1) is 19.7. The molecule has 4 rings (SSSR count). The molecule has 1 saturated heterocycles. The molecule has 1 aromatic carbocycles. The lowest BCUT2D eigenvalue weighted by molar-refractivity contribution is -0.131. The van der Waals surface area contributed by atoms with Gasteiger partial charge in [0.2, 0.25) is 5.91 Å². The van der Waals surface area contributed by atoms with Gasteiger partial charge in [-0.15, -0.1) is 5.10 Å². The van der Waals surface area contributed by atoms with Crippen molar-refractivity contribution in [1.82, 2.24) is 40.2 Å². The standard InChI is InChI=1S/C20H24N8O2/c1-26-13-17(12-23-26)20(30)21-11-16-6-8-27(9-7-16)19(29)10-15-2-4-18(5-3-15)28-14-22-24-25-28/h2-5,12-14,16H,6-11H2,1H3,(H,21,30). The minimum Gasteiger partial charge on any atom is -0.352 e. The van der Waals surface area contributed by atoms with Crippen LogP contribution in [-0.2, 0) is 18.3 Å². The van der Waals surface area contributed by atoms with E-state index >= 15 is 0 Å². The Morgan fingerprint density at radius 1 is 1.17 bits per heavy atom. The van der Waals surface area contributed by atoms with Gasteiger partial charge < -0.3 is 10.2 Å². The fraction of sp³-hybridized carbons (Fsp3) is 0.400. The first-order valence-electron chi connectivity index (χ1n) is 9.95. The molecule has 0 saturated carbocycles. The highest BCUT2D eigenvalue weighted by Crippen LogP contribution is 2.18. The second-order valence-corrected chi connectivity index (χ2v) is 7.53. The lowest BCUT2D eigenvalue weighted by Crippen LogP contribution is -2.42. The summed E-state index contributed by atoms with van der Waals surface area (Å²) in [7, 11) is 1.78. The van der Waals surface area contributed by atoms with E-state index in [4.69, 9.17) is 0 Å². The predicted octanol–water partition coefficient (Wildman–Crippen LogP) is 0.607. The lowest BCUT2D eigenvalue weighted by atomic mass is 9.96. The van der Waals surface area contributed by atoms with E-state index < -0.39 is 0 Å². The summed E-state index contributed by atoms with van der Waals surface area (Å²) in [4.78, 5) is 26.7. The largest absolute Gasteiger partial charge is 0.352 e. The summed E-state index contributed by atoms with van der Waals surface area (Å²) in [5, 5.41) is 18.1. The van der Waals surface area contributed by atoms with E-state index in [-0.39, 0.29) is 11.8 Å². The molecule has 10 nitrogen and oxygen atoms in total. The summed E-state index contributed by atoms with van der Waals surface area (Å²) in [6.45, 7) is 2.05. The number of likely N-dealkylation sites (tertiary alicyclic amines) is 1. The van der Waals surface area contributed by atoms with Crippen LogP contribution in [0.25, 0.3) is 5.69 Å². The molecule has 0 bridgehead atoms. The summed E-state index contributed by atoms with van der Waals surface area (Å²) in [5.41, 5.74) is 2.38. The normalized spacial score (nSPS) is 14.6. The van der Waals surface area contributed by atoms with Crippen molar-refractivity contribution < 1.29 is 9.59 Å². The molecule has 1 N–H and O–H groups in total. The molecule has 0 radical (unpaired) electrons. The van der Waals surface area contributed by atoms with E-state index in [2.05, 4.69) is 25.9 Å². The molecule has 1 aliphatic rings. The SMILES string of the molecule is Cn1cc(C(=O)NCC2CCN(C(=O)Cc3ccc(-n4cnnn4)cc3)CC2)cn1. The van der Waals surface area contributed by atoms with Gasteiger partial charge >= 0.3 is 0 Å². The molecule has 10 heteroatoms. The minimum atomic E-state index is -0.105. The monoisotopic (exact) mass is 408 g/mol. The Morgan fingerprint density at radius 2 is 1.93 bits per heavy atom. The minimum absolute atomic E-state index is 0.105. The highest BCUT2D eigenvalue weighted by molar-refractivity contribution is 5.93. The van der Waals surface area contributed by atoms with Gasteiger partial charge in [-0.2, -0.15) is 5.10 Å². The number of hydrogen-bond acceptors (Lipinski definition) is 6. The van der Waals surface area contributed by atoms with E-state index in [0.717, 1.165) is 37.2 Å². The Bertz CT molecular complexity index is 988. The number of aromatic nitrogens is 6. The number of piperidine rings is 1. The number of nitrogens with one attached hydrogen (secondary N) is 1. The van der Waals surface area contributed by atoms with E-state index in [9.17, 15) is 9.59 Å². The van der Waals surface area contributed by atoms with Crippen molar-refractivity contribution in [2.45, 2.75) is 19.3 Å². The lowest BCUT2D eigenvalue weighted by Gasteiger charge is -2.32. The van der Waals surface area contributed by atoms with Crippen molar-refractivity contribution in [1.29, 1.82) is 0 Å². The molecular formula is C20H24N8O2. The Morgan fingerprint density at radius 3 is 2.57 bits per heavy atom. The van der Waals surface area contributed by atoms with Crippen LogP contribution in [0.2, 0.25) is 0 Å². The Labute approximate surface area is 173 Å². The van der Waals surface area contributed by atoms with Gasteiger partial charge in [-0.25, -0.2) is 4.68 Å². The van der Waals surface area contributed by atoms with Crippen LogP contribution in [0, 0.1) is 5.92 Å². The third-order valence-electron chi connectivity index (χ3n) is 5.39. The summed E-state index contributed by atoms with van der Waals surface area (Å²) in [5.74, 6) is 0.403. The third kappa shape index (κ3) is 4.70. The van der Waals surface area contributed by atoms with Crippen LogP contribution in [-0.4, -0.2) is 66.3 Å². The van der Waals surface area contributed by atoms with Crippen molar-refractivity contribution in [3.05, 3.63) is 54.1 Å². The van der Waals surface area contributed by atoms with Gasteiger partial charge in [0.05, 0.1) is 23.9 Å². The average molecular weight is 408 g/mol. The Balaban J connectivity index is 1.22. The highest BCUT2D eigenvalue weighted by atomic mass is 16.2. The highest BCUT2D eigenvalue weighted by Gasteiger charge is 2.23. The van der Waals surface area contributed by atoms with Crippen LogP contribution in [0.4, 0.5) is 0 Å². The zero-order valence-corrected chi connectivity index (χ0v) is 16.8. The van der Waals surface area contributed by atoms with Crippen LogP contribution < -0.4 is 5.32 Å². The Hall–Kier alpha value is -3.56. The topological polar surface area (TPSA) is 111 Å². The molecule has 2 aromatic heterocycles. The van der Waals surface area contributed by atoms with Gasteiger partial charge in [0.15, 0.2) is 0 Å². The van der Waals surface area contributed by atoms with E-state index in [1.165, 1.54) is 6.33 Å². The number of rotatable bonds is 6. The number of benzene rings is 1. The van der Waals surface area contributed by atoms with Gasteiger partial charge in [0.25, 0.3) is 5.91 Å². The zero-order chi connectivity index (χ0) is 20.9. The summed E-state index contributed by atoms with van der Waals surface area (Å²) in [6.07, 6.45) is 6.94. The Kier molecular flexibility index (Phi) is 5.82. The van der Waals surface area contributed by atoms with Crippen LogP contribution in [0.5, 0.6) is 0 Å². The maximum atomic E-state index is 12.7. The molecule has 0 aliphatic carbocycles. The molecule has 0 spiro atoms. The number of hydrogen-bond donors (Lipinski definition) is 1. The molecule has 156 valence electrons. The van der Waals surface area contributed by atoms with Crippen LogP contribution >= 0.6 is 0 Å². The number of amides is 2. The smallest absolute Gasteiger partial charge is 0.254 e. The van der Waals surface area contributed by atoms with Crippen molar-refractivity contribution in [3.63, 3.8) is 0 Å². The second-order valence-electron chi connectivity index (χ2n) is 7.53. The number of nitrogens with zero attached hydrogens (tertiary/aromatic N) is 7. The van der Waals surface area contributed by atoms with Gasteiger partial charge in [0.1, 0.15) is 6.33 Å². The molecule has 0 unspecified atom stereocenters. The average Bonchev–Trinajstić information content (AvgIpc) is 3.45. The first-order valence-corrected chi connectivity index (χ1v) is 9.95. The molecule has 30 heavy (non-hydrogen) atoms. The van der Waals surface area contributed by atoms with Crippen molar-refractivity contribution in [3.8, 4) is 5.69 Å². The number of carbonyl (C=O) groups is 2. The maximum Gasteiger partial charge on any atom is 0.254 e. The number of carbonyl (C=O) groups excluding carboxylic acids is 2. The van der Waals surface area contributed by atoms with Gasteiger partial charge in [0, 0.05) is 32.9 Å². The fourth-order valence-corrected chi connectivity index (χ4v) is 3.60. The van der Waals surface area contributed by atoms with Gasteiger partial charge in [-0.3, -0.25) is 14.3 Å². The molecule has 3 aromatic rings. The van der Waals surface area contributed by atoms with Crippen LogP contribution in [0.3, 0.4) is 0 Å². The predicted molar refractivity (Wildman–Crippen MR) is 108 cm³/mol. The van der Waals surface area contributed by atoms with E-state index in [0.29, 0.717) is 24.4 Å². The van der Waals surface area contributed by atoms with Crippen molar-refractivity contribution >= 4 is 11.8 Å². The second kappa shape index (κ2) is 8.85. The quantitative estimate of drug-likeness (QED) is 0.640. The molecule has 2 amide bonds. The van der Waals surface area contributed by atoms with Crippen LogP contribution in [0.1, 0.15) is 28.8 Å². The molecule has 0 atom stereocenters. The van der Waals surface area contributed by atoms with Crippen molar-refractivity contribution in [2.75, 3.05) is 19.6 Å². The summed E-state index contributed by atoms with van der Waals surface area (Å²) >= 11 is 0. The maximum absolute atomic E-state index is 12.7. The molecule has 1 aliphatic heterocycles. The zero-order valence-electron chi connectivity index (χ0n) is 16.8. The van der Waals surface area contributed by atoms with E-state index in [1.807, 2.05) is 29.2 Å². The number of aryl methyl sites for hydroxylation is 1. The third-order valence-corrected chi connectivity index (χ3v) is 5.39. The van der Waals surface area contributed by atoms with E-state index in [1.54, 1.807) is 28.8 Å². The fourth-order valence-electron chi connectivity index (χ4n) is 3.60. The van der Waals surface area contributed by atoms with Crippen molar-refractivity contribution in [2.24, 2.45) is 13.0 Å². The molecule has 3 heterocycles. The van der Waals surface area contributed by atoms with Crippen LogP contribution in [0.15, 0.2) is 43.0 Å². The number of tetrazole rings is 1. The van der Waals surface area contributed by atoms with Gasteiger partial charge in [-0.05, 0) is 46.9 Å².